The number of nitrogens with one attached hydrogen (secondary N) is 2. The summed E-state index contributed by atoms with van der Waals surface area (Å²) in [6.45, 7) is 2.70. The summed E-state index contributed by atoms with van der Waals surface area (Å²) in [5.74, 6) is 0.460. The van der Waals surface area contributed by atoms with Crippen LogP contribution in [0, 0.1) is 0 Å². The van der Waals surface area contributed by atoms with Crippen molar-refractivity contribution in [3.63, 3.8) is 0 Å². The first kappa shape index (κ1) is 18.4. The monoisotopic (exact) mass is 403 g/mol. The normalized spacial score (nSPS) is 21.7. The lowest BCUT2D eigenvalue weighted by molar-refractivity contribution is -0.119. The zero-order valence-corrected chi connectivity index (χ0v) is 16.4. The maximum Gasteiger partial charge on any atom is 0.233 e. The molecule has 3 heterocycles. The van der Waals surface area contributed by atoms with E-state index in [1.54, 1.807) is 11.3 Å². The molecule has 2 aliphatic heterocycles. The molecule has 1 aromatic heterocycles. The number of carbonyl (C=O) groups is 1. The van der Waals surface area contributed by atoms with Gasteiger partial charge in [0.1, 0.15) is 5.84 Å². The summed E-state index contributed by atoms with van der Waals surface area (Å²) in [7, 11) is 0. The van der Waals surface area contributed by atoms with Crippen LogP contribution in [0.1, 0.15) is 23.3 Å². The van der Waals surface area contributed by atoms with Gasteiger partial charge in [-0.1, -0.05) is 23.7 Å². The van der Waals surface area contributed by atoms with Crippen LogP contribution in [0.4, 0.5) is 0 Å². The molecule has 0 spiro atoms. The summed E-state index contributed by atoms with van der Waals surface area (Å²) in [5.41, 5.74) is 10.9. The molecule has 2 aromatic rings. The van der Waals surface area contributed by atoms with E-state index in [0.717, 1.165) is 52.8 Å². The summed E-state index contributed by atoms with van der Waals surface area (Å²) in [4.78, 5) is 18.7. The standard InChI is InChI=1S/C19H22ClN5OS/c20-13-5-3-12(4-6-13)16-8-15-17(27-16)10-25(11-18(21)26)24-19(15)23-14-2-1-7-22-9-14/h3-6,8,14,22H,1-2,7,9-11H2,(H2,21,26)(H,23,24). The zero-order chi connectivity index (χ0) is 18.8. The number of carbonyl (C=O) groups excluding carboxylic acids is 1. The van der Waals surface area contributed by atoms with Gasteiger partial charge in [-0.3, -0.25) is 9.79 Å². The summed E-state index contributed by atoms with van der Waals surface area (Å²) in [5, 5.41) is 5.95. The molecule has 27 heavy (non-hydrogen) atoms. The molecular weight excluding hydrogens is 382 g/mol. The molecule has 1 fully saturated rings. The van der Waals surface area contributed by atoms with Crippen LogP contribution >= 0.6 is 22.9 Å². The number of aliphatic imine (C=N–C) groups is 1. The van der Waals surface area contributed by atoms with Crippen LogP contribution in [0.2, 0.25) is 5.02 Å². The molecule has 6 nitrogen and oxygen atoms in total. The van der Waals surface area contributed by atoms with Crippen molar-refractivity contribution >= 4 is 34.7 Å². The number of nitrogens with zero attached hydrogens (tertiary/aromatic N) is 2. The second kappa shape index (κ2) is 7.98. The van der Waals surface area contributed by atoms with Crippen LogP contribution in [0.15, 0.2) is 35.3 Å². The lowest BCUT2D eigenvalue weighted by atomic mass is 10.1. The van der Waals surface area contributed by atoms with Crippen molar-refractivity contribution in [2.75, 3.05) is 19.6 Å². The predicted molar refractivity (Wildman–Crippen MR) is 110 cm³/mol. The minimum Gasteiger partial charge on any atom is -0.368 e. The fraction of sp³-hybridized carbons (Fsp3) is 0.368. The first-order chi connectivity index (χ1) is 13.1. The maximum absolute atomic E-state index is 11.4. The highest BCUT2D eigenvalue weighted by Gasteiger charge is 2.26. The van der Waals surface area contributed by atoms with E-state index in [1.807, 2.05) is 29.3 Å². The van der Waals surface area contributed by atoms with E-state index in [4.69, 9.17) is 22.3 Å². The van der Waals surface area contributed by atoms with Crippen molar-refractivity contribution in [1.29, 1.82) is 0 Å². The average molecular weight is 404 g/mol. The molecule has 8 heteroatoms. The van der Waals surface area contributed by atoms with Crippen molar-refractivity contribution < 1.29 is 4.79 Å². The Bertz CT molecular complexity index is 857. The number of hydrogen-bond donors (Lipinski definition) is 3. The number of benzene rings is 1. The summed E-state index contributed by atoms with van der Waals surface area (Å²) in [6, 6.07) is 10.3. The second-order valence-electron chi connectivity index (χ2n) is 6.87. The second-order valence-corrected chi connectivity index (χ2v) is 8.44. The van der Waals surface area contributed by atoms with E-state index in [9.17, 15) is 4.79 Å². The van der Waals surface area contributed by atoms with Gasteiger partial charge in [0.05, 0.1) is 19.1 Å². The van der Waals surface area contributed by atoms with Gasteiger partial charge in [-0.2, -0.15) is 0 Å². The molecule has 142 valence electrons. The van der Waals surface area contributed by atoms with E-state index < -0.39 is 0 Å². The number of hydrogen-bond acceptors (Lipinski definition) is 5. The molecule has 1 saturated heterocycles. The van der Waals surface area contributed by atoms with E-state index >= 15 is 0 Å². The third-order valence-corrected chi connectivity index (χ3v) is 6.14. The molecule has 4 rings (SSSR count). The number of hydrazine groups is 1. The van der Waals surface area contributed by atoms with E-state index in [2.05, 4.69) is 16.8 Å². The van der Waals surface area contributed by atoms with Gasteiger partial charge in [0, 0.05) is 26.9 Å². The van der Waals surface area contributed by atoms with Gasteiger partial charge in [-0.25, -0.2) is 5.01 Å². The van der Waals surface area contributed by atoms with Crippen molar-refractivity contribution in [2.45, 2.75) is 25.4 Å². The Kier molecular flexibility index (Phi) is 5.45. The Labute approximate surface area is 167 Å². The fourth-order valence-electron chi connectivity index (χ4n) is 3.43. The molecule has 0 bridgehead atoms. The molecule has 2 aliphatic rings. The number of piperidine rings is 1. The first-order valence-electron chi connectivity index (χ1n) is 9.06. The Balaban J connectivity index is 1.68. The SMILES string of the molecule is NC(=O)CN1Cc2sc(-c3ccc(Cl)cc3)cc2C(=NC2CCCNC2)N1. The Hall–Kier alpha value is -1.93. The molecule has 0 radical (unpaired) electrons. The number of amides is 1. The average Bonchev–Trinajstić information content (AvgIpc) is 3.07. The van der Waals surface area contributed by atoms with Gasteiger partial charge >= 0.3 is 0 Å². The number of amidine groups is 1. The largest absolute Gasteiger partial charge is 0.368 e. The summed E-state index contributed by atoms with van der Waals surface area (Å²) < 4.78 is 0. The number of nitrogens with two attached hydrogens (primary N) is 1. The highest BCUT2D eigenvalue weighted by atomic mass is 35.5. The van der Waals surface area contributed by atoms with Crippen LogP contribution in [0.25, 0.3) is 10.4 Å². The van der Waals surface area contributed by atoms with Gasteiger partial charge < -0.3 is 16.5 Å². The Morgan fingerprint density at radius 1 is 1.37 bits per heavy atom. The highest BCUT2D eigenvalue weighted by molar-refractivity contribution is 7.15. The minimum atomic E-state index is -0.362. The number of halogens is 1. The molecule has 1 amide bonds. The fourth-order valence-corrected chi connectivity index (χ4v) is 4.74. The Morgan fingerprint density at radius 3 is 2.89 bits per heavy atom. The molecule has 1 atom stereocenters. The molecule has 0 saturated carbocycles. The quantitative estimate of drug-likeness (QED) is 0.731. The van der Waals surface area contributed by atoms with Gasteiger partial charge in [-0.15, -0.1) is 11.3 Å². The van der Waals surface area contributed by atoms with Crippen molar-refractivity contribution in [2.24, 2.45) is 10.7 Å². The number of primary amides is 1. The topological polar surface area (TPSA) is 82.8 Å². The van der Waals surface area contributed by atoms with Gasteiger partial charge in [0.25, 0.3) is 0 Å². The van der Waals surface area contributed by atoms with Crippen molar-refractivity contribution in [3.8, 4) is 10.4 Å². The molecule has 1 unspecified atom stereocenters. The number of fused-ring (bicyclic) bond motifs is 1. The first-order valence-corrected chi connectivity index (χ1v) is 10.3. The molecule has 1 aromatic carbocycles. The third-order valence-electron chi connectivity index (χ3n) is 4.72. The minimum absolute atomic E-state index is 0.148. The highest BCUT2D eigenvalue weighted by Crippen LogP contribution is 2.34. The van der Waals surface area contributed by atoms with Crippen molar-refractivity contribution in [1.82, 2.24) is 15.8 Å². The zero-order valence-electron chi connectivity index (χ0n) is 14.9. The van der Waals surface area contributed by atoms with Gasteiger partial charge in [-0.05, 0) is 43.1 Å². The summed E-state index contributed by atoms with van der Waals surface area (Å²) in [6.07, 6.45) is 2.19. The summed E-state index contributed by atoms with van der Waals surface area (Å²) >= 11 is 7.73. The predicted octanol–water partition coefficient (Wildman–Crippen LogP) is 2.37. The number of rotatable bonds is 4. The number of thiophene rings is 1. The smallest absolute Gasteiger partial charge is 0.233 e. The third kappa shape index (κ3) is 4.32. The van der Waals surface area contributed by atoms with Crippen molar-refractivity contribution in [3.05, 3.63) is 45.8 Å². The maximum atomic E-state index is 11.4. The van der Waals surface area contributed by atoms with Gasteiger partial charge in [0.15, 0.2) is 0 Å². The van der Waals surface area contributed by atoms with Crippen LogP contribution in [-0.2, 0) is 11.3 Å². The molecular formula is C19H22ClN5OS. The Morgan fingerprint density at radius 2 is 2.19 bits per heavy atom. The molecule has 0 aliphatic carbocycles. The van der Waals surface area contributed by atoms with Crippen LogP contribution < -0.4 is 16.5 Å². The van der Waals surface area contributed by atoms with E-state index in [0.29, 0.717) is 6.54 Å². The van der Waals surface area contributed by atoms with E-state index in [-0.39, 0.29) is 18.5 Å². The van der Waals surface area contributed by atoms with Gasteiger partial charge in [0.2, 0.25) is 5.91 Å². The lowest BCUT2D eigenvalue weighted by Gasteiger charge is -2.30. The van der Waals surface area contributed by atoms with Crippen LogP contribution in [0.3, 0.4) is 0 Å². The van der Waals surface area contributed by atoms with E-state index in [1.165, 1.54) is 4.88 Å². The lowest BCUT2D eigenvalue weighted by Crippen LogP contribution is -2.50. The van der Waals surface area contributed by atoms with Crippen LogP contribution in [0.5, 0.6) is 0 Å². The molecule has 4 N–H and O–H groups in total. The van der Waals surface area contributed by atoms with Crippen LogP contribution in [-0.4, -0.2) is 42.4 Å².